The predicted octanol–water partition coefficient (Wildman–Crippen LogP) is 4.02. The molecule has 0 fully saturated rings. The summed E-state index contributed by atoms with van der Waals surface area (Å²) in [4.78, 5) is 10.0. The third-order valence-corrected chi connectivity index (χ3v) is 2.41. The molecule has 2 aromatic rings. The van der Waals surface area contributed by atoms with Gasteiger partial charge in [0.15, 0.2) is 0 Å². The van der Waals surface area contributed by atoms with Crippen molar-refractivity contribution in [3.63, 3.8) is 0 Å². The molecular weight excluding hydrogens is 246 g/mol. The van der Waals surface area contributed by atoms with Gasteiger partial charge in [0.05, 0.1) is 23.4 Å². The van der Waals surface area contributed by atoms with Crippen molar-refractivity contribution < 1.29 is 9.66 Å². The SMILES string of the molecule is COc1ccc(N=Nc2ccc([N+](=O)[O-])cc2)cc1. The molecule has 0 N–H and O–H groups in total. The quantitative estimate of drug-likeness (QED) is 0.471. The van der Waals surface area contributed by atoms with Gasteiger partial charge in [0, 0.05) is 12.1 Å². The van der Waals surface area contributed by atoms with E-state index in [0.29, 0.717) is 11.4 Å². The smallest absolute Gasteiger partial charge is 0.269 e. The highest BCUT2D eigenvalue weighted by molar-refractivity contribution is 5.45. The van der Waals surface area contributed by atoms with Crippen LogP contribution in [0.4, 0.5) is 17.1 Å². The highest BCUT2D eigenvalue weighted by Crippen LogP contribution is 2.22. The van der Waals surface area contributed by atoms with Crippen LogP contribution in [0.2, 0.25) is 0 Å². The summed E-state index contributed by atoms with van der Waals surface area (Å²) in [6.45, 7) is 0. The fourth-order valence-corrected chi connectivity index (χ4v) is 1.41. The Kier molecular flexibility index (Phi) is 3.82. The Labute approximate surface area is 109 Å². The highest BCUT2D eigenvalue weighted by atomic mass is 16.6. The number of nitrogens with zero attached hydrogens (tertiary/aromatic N) is 3. The molecule has 0 unspecified atom stereocenters. The van der Waals surface area contributed by atoms with E-state index in [1.165, 1.54) is 12.1 Å². The van der Waals surface area contributed by atoms with Gasteiger partial charge < -0.3 is 4.74 Å². The monoisotopic (exact) mass is 257 g/mol. The van der Waals surface area contributed by atoms with Gasteiger partial charge in [0.2, 0.25) is 0 Å². The lowest BCUT2D eigenvalue weighted by Crippen LogP contribution is -1.85. The standard InChI is InChI=1S/C13H11N3O3/c1-19-13-8-4-11(5-9-13)15-14-10-2-6-12(7-3-10)16(17)18/h2-9H,1H3. The van der Waals surface area contributed by atoms with E-state index in [-0.39, 0.29) is 5.69 Å². The third kappa shape index (κ3) is 3.35. The fraction of sp³-hybridized carbons (Fsp3) is 0.0769. The Balaban J connectivity index is 2.10. The largest absolute Gasteiger partial charge is 0.497 e. The number of ether oxygens (including phenoxy) is 1. The molecule has 0 amide bonds. The lowest BCUT2D eigenvalue weighted by atomic mass is 10.3. The number of hydrogen-bond acceptors (Lipinski definition) is 5. The average Bonchev–Trinajstić information content (AvgIpc) is 2.46. The lowest BCUT2D eigenvalue weighted by Gasteiger charge is -1.98. The van der Waals surface area contributed by atoms with E-state index >= 15 is 0 Å². The van der Waals surface area contributed by atoms with Gasteiger partial charge in [-0.1, -0.05) is 0 Å². The van der Waals surface area contributed by atoms with Crippen LogP contribution >= 0.6 is 0 Å². The fourth-order valence-electron chi connectivity index (χ4n) is 1.41. The molecule has 0 heterocycles. The normalized spacial score (nSPS) is 10.6. The van der Waals surface area contributed by atoms with Crippen molar-refractivity contribution in [1.29, 1.82) is 0 Å². The molecular formula is C13H11N3O3. The summed E-state index contributed by atoms with van der Waals surface area (Å²) in [7, 11) is 1.59. The van der Waals surface area contributed by atoms with Crippen molar-refractivity contribution in [2.45, 2.75) is 0 Å². The van der Waals surface area contributed by atoms with Gasteiger partial charge >= 0.3 is 0 Å². The molecule has 6 heteroatoms. The van der Waals surface area contributed by atoms with Gasteiger partial charge in [-0.05, 0) is 36.4 Å². The first-order chi connectivity index (χ1) is 9.19. The summed E-state index contributed by atoms with van der Waals surface area (Å²) in [6.07, 6.45) is 0. The van der Waals surface area contributed by atoms with Crippen molar-refractivity contribution in [3.8, 4) is 5.75 Å². The number of azo groups is 1. The van der Waals surface area contributed by atoms with Crippen molar-refractivity contribution in [2.75, 3.05) is 7.11 Å². The van der Waals surface area contributed by atoms with Gasteiger partial charge in [-0.25, -0.2) is 0 Å². The number of benzene rings is 2. The zero-order valence-electron chi connectivity index (χ0n) is 10.2. The number of rotatable bonds is 4. The Morgan fingerprint density at radius 1 is 0.947 bits per heavy atom. The molecule has 0 aliphatic carbocycles. The molecule has 2 rings (SSSR count). The maximum atomic E-state index is 10.5. The highest BCUT2D eigenvalue weighted by Gasteiger charge is 2.02. The van der Waals surface area contributed by atoms with E-state index in [1.54, 1.807) is 43.5 Å². The lowest BCUT2D eigenvalue weighted by molar-refractivity contribution is -0.384. The molecule has 0 saturated heterocycles. The van der Waals surface area contributed by atoms with Gasteiger partial charge in [-0.3, -0.25) is 10.1 Å². The molecule has 0 bridgehead atoms. The molecule has 6 nitrogen and oxygen atoms in total. The minimum Gasteiger partial charge on any atom is -0.497 e. The zero-order chi connectivity index (χ0) is 13.7. The van der Waals surface area contributed by atoms with Crippen LogP contribution < -0.4 is 4.74 Å². The maximum Gasteiger partial charge on any atom is 0.269 e. The summed E-state index contributed by atoms with van der Waals surface area (Å²) in [5, 5.41) is 18.5. The molecule has 19 heavy (non-hydrogen) atoms. The first kappa shape index (κ1) is 12.7. The Bertz CT molecular complexity index is 592. The van der Waals surface area contributed by atoms with Gasteiger partial charge in [-0.2, -0.15) is 10.2 Å². The molecule has 0 spiro atoms. The Morgan fingerprint density at radius 2 is 1.42 bits per heavy atom. The predicted molar refractivity (Wildman–Crippen MR) is 70.3 cm³/mol. The zero-order valence-corrected chi connectivity index (χ0v) is 10.2. The molecule has 0 aliphatic rings. The van der Waals surface area contributed by atoms with E-state index in [9.17, 15) is 10.1 Å². The molecule has 0 aromatic heterocycles. The number of non-ortho nitro benzene ring substituents is 1. The molecule has 0 saturated carbocycles. The topological polar surface area (TPSA) is 77.1 Å². The van der Waals surface area contributed by atoms with E-state index < -0.39 is 4.92 Å². The van der Waals surface area contributed by atoms with Gasteiger partial charge in [-0.15, -0.1) is 0 Å². The molecule has 2 aromatic carbocycles. The van der Waals surface area contributed by atoms with Crippen molar-refractivity contribution >= 4 is 17.1 Å². The van der Waals surface area contributed by atoms with Gasteiger partial charge in [0.1, 0.15) is 5.75 Å². The van der Waals surface area contributed by atoms with Crippen molar-refractivity contribution in [3.05, 3.63) is 58.6 Å². The second-order valence-electron chi connectivity index (χ2n) is 3.67. The van der Waals surface area contributed by atoms with Crippen LogP contribution in [0.25, 0.3) is 0 Å². The molecule has 0 aliphatic heterocycles. The molecule has 96 valence electrons. The second-order valence-corrected chi connectivity index (χ2v) is 3.67. The molecule has 0 atom stereocenters. The van der Waals surface area contributed by atoms with E-state index in [1.807, 2.05) is 0 Å². The van der Waals surface area contributed by atoms with Crippen LogP contribution in [0.3, 0.4) is 0 Å². The maximum absolute atomic E-state index is 10.5. The Morgan fingerprint density at radius 3 is 1.84 bits per heavy atom. The molecule has 0 radical (unpaired) electrons. The van der Waals surface area contributed by atoms with Crippen LogP contribution in [-0.4, -0.2) is 12.0 Å². The van der Waals surface area contributed by atoms with E-state index in [2.05, 4.69) is 10.2 Å². The average molecular weight is 257 g/mol. The summed E-state index contributed by atoms with van der Waals surface area (Å²) in [5.41, 5.74) is 1.27. The van der Waals surface area contributed by atoms with Crippen LogP contribution in [0, 0.1) is 10.1 Å². The number of nitro benzene ring substituents is 1. The van der Waals surface area contributed by atoms with Crippen LogP contribution in [-0.2, 0) is 0 Å². The minimum atomic E-state index is -0.454. The first-order valence-corrected chi connectivity index (χ1v) is 5.49. The summed E-state index contributed by atoms with van der Waals surface area (Å²) < 4.78 is 5.03. The van der Waals surface area contributed by atoms with E-state index in [4.69, 9.17) is 4.74 Å². The van der Waals surface area contributed by atoms with Gasteiger partial charge in [0.25, 0.3) is 5.69 Å². The summed E-state index contributed by atoms with van der Waals surface area (Å²) in [6, 6.07) is 13.0. The van der Waals surface area contributed by atoms with Crippen molar-refractivity contribution in [1.82, 2.24) is 0 Å². The third-order valence-electron chi connectivity index (χ3n) is 2.41. The number of methoxy groups -OCH3 is 1. The van der Waals surface area contributed by atoms with Crippen LogP contribution in [0.15, 0.2) is 58.8 Å². The second kappa shape index (κ2) is 5.72. The minimum absolute atomic E-state index is 0.0309. The van der Waals surface area contributed by atoms with E-state index in [0.717, 1.165) is 5.75 Å². The van der Waals surface area contributed by atoms with Crippen LogP contribution in [0.1, 0.15) is 0 Å². The first-order valence-electron chi connectivity index (χ1n) is 5.49. The summed E-state index contributed by atoms with van der Waals surface area (Å²) in [5.74, 6) is 0.745. The Hall–Kier alpha value is -2.76. The van der Waals surface area contributed by atoms with Crippen molar-refractivity contribution in [2.24, 2.45) is 10.2 Å². The number of nitro groups is 1. The van der Waals surface area contributed by atoms with Crippen LogP contribution in [0.5, 0.6) is 5.75 Å². The number of hydrogen-bond donors (Lipinski definition) is 0. The summed E-state index contributed by atoms with van der Waals surface area (Å²) >= 11 is 0.